The number of carbonyl (C=O) groups is 1. The van der Waals surface area contributed by atoms with Gasteiger partial charge in [-0.3, -0.25) is 4.79 Å². The molecule has 0 fully saturated rings. The smallest absolute Gasteiger partial charge is 0.377 e. The van der Waals surface area contributed by atoms with E-state index >= 15 is 0 Å². The van der Waals surface area contributed by atoms with Crippen LogP contribution in [0.2, 0.25) is 11.2 Å². The highest BCUT2D eigenvalue weighted by Gasteiger charge is 2.44. The van der Waals surface area contributed by atoms with E-state index in [1.165, 1.54) is 0 Å². The Bertz CT molecular complexity index is 178. The van der Waals surface area contributed by atoms with E-state index in [1.807, 2.05) is 6.92 Å². The highest BCUT2D eigenvalue weighted by molar-refractivity contribution is 7.96. The van der Waals surface area contributed by atoms with Crippen LogP contribution in [-0.2, 0) is 18.1 Å². The topological polar surface area (TPSA) is 44.8 Å². The van der Waals surface area contributed by atoms with Crippen molar-refractivity contribution in [3.8, 4) is 0 Å². The van der Waals surface area contributed by atoms with Crippen LogP contribution in [-0.4, -0.2) is 44.8 Å². The molecule has 0 aromatic rings. The molecule has 1 unspecified atom stereocenters. The highest BCUT2D eigenvalue weighted by Crippen LogP contribution is 2.23. The molecule has 0 heterocycles. The van der Waals surface area contributed by atoms with Crippen molar-refractivity contribution in [2.24, 2.45) is 0 Å². The van der Waals surface area contributed by atoms with Gasteiger partial charge in [0.2, 0.25) is 0 Å². The summed E-state index contributed by atoms with van der Waals surface area (Å²) in [6, 6.07) is 0.551. The molecular formula is C7H18O4SSi2. The van der Waals surface area contributed by atoms with Gasteiger partial charge in [0.05, 0.1) is 0 Å². The predicted octanol–water partition coefficient (Wildman–Crippen LogP) is 0.256. The molecule has 14 heavy (non-hydrogen) atoms. The quantitative estimate of drug-likeness (QED) is 0.523. The largest absolute Gasteiger partial charge is 0.499 e. The lowest BCUT2D eigenvalue weighted by molar-refractivity contribution is -0.108. The van der Waals surface area contributed by atoms with Gasteiger partial charge < -0.3 is 13.3 Å². The Hall–Kier alpha value is 0.334. The second-order valence-corrected chi connectivity index (χ2v) is 10.1. The Kier molecular flexibility index (Phi) is 6.91. The first-order chi connectivity index (χ1) is 6.52. The zero-order chi connectivity index (χ0) is 11.2. The molecular weight excluding hydrogens is 236 g/mol. The fourth-order valence-corrected chi connectivity index (χ4v) is 7.49. The van der Waals surface area contributed by atoms with Crippen LogP contribution in [0.4, 0.5) is 0 Å². The van der Waals surface area contributed by atoms with Crippen molar-refractivity contribution in [2.75, 3.05) is 21.3 Å². The second-order valence-electron chi connectivity index (χ2n) is 3.05. The summed E-state index contributed by atoms with van der Waals surface area (Å²) >= 11 is 3.75. The van der Waals surface area contributed by atoms with Gasteiger partial charge in [0.15, 0.2) is 5.12 Å². The summed E-state index contributed by atoms with van der Waals surface area (Å²) in [4.78, 5) is 10.7. The van der Waals surface area contributed by atoms with Crippen LogP contribution >= 0.6 is 12.6 Å². The third kappa shape index (κ3) is 3.83. The van der Waals surface area contributed by atoms with E-state index in [1.54, 1.807) is 21.3 Å². The number of carbonyl (C=O) groups excluding carboxylic acids is 1. The lowest BCUT2D eigenvalue weighted by atomic mass is 10.9. The minimum Gasteiger partial charge on any atom is -0.377 e. The zero-order valence-electron chi connectivity index (χ0n) is 9.07. The van der Waals surface area contributed by atoms with E-state index in [9.17, 15) is 4.79 Å². The normalized spacial score (nSPS) is 14.9. The first kappa shape index (κ1) is 14.3. The molecule has 0 aliphatic rings. The number of thiol groups is 1. The first-order valence-electron chi connectivity index (χ1n) is 4.39. The van der Waals surface area contributed by atoms with Crippen molar-refractivity contribution in [1.29, 1.82) is 0 Å². The molecule has 0 bridgehead atoms. The van der Waals surface area contributed by atoms with Crippen molar-refractivity contribution in [2.45, 2.75) is 18.1 Å². The maximum atomic E-state index is 10.7. The number of hydrogen-bond acceptors (Lipinski definition) is 4. The van der Waals surface area contributed by atoms with Crippen LogP contribution in [0.15, 0.2) is 0 Å². The van der Waals surface area contributed by atoms with E-state index in [0.29, 0.717) is 6.04 Å². The Morgan fingerprint density at radius 2 is 1.79 bits per heavy atom. The fourth-order valence-electron chi connectivity index (χ4n) is 1.37. The van der Waals surface area contributed by atoms with E-state index in [2.05, 4.69) is 12.6 Å². The Morgan fingerprint density at radius 1 is 1.36 bits per heavy atom. The van der Waals surface area contributed by atoms with Gasteiger partial charge in [-0.25, -0.2) is 0 Å². The summed E-state index contributed by atoms with van der Waals surface area (Å²) in [5.74, 6) is 0. The average molecular weight is 254 g/mol. The Balaban J connectivity index is 4.28. The molecule has 0 saturated carbocycles. The molecule has 7 heteroatoms. The van der Waals surface area contributed by atoms with Crippen LogP contribution in [0, 0.1) is 0 Å². The molecule has 0 radical (unpaired) electrons. The zero-order valence-corrected chi connectivity index (χ0v) is 12.4. The first-order valence-corrected chi connectivity index (χ1v) is 8.46. The molecule has 0 spiro atoms. The van der Waals surface area contributed by atoms with Crippen LogP contribution in [0.25, 0.3) is 0 Å². The molecule has 4 nitrogen and oxygen atoms in total. The van der Waals surface area contributed by atoms with Crippen LogP contribution in [0.5, 0.6) is 0 Å². The lowest BCUT2D eigenvalue weighted by Crippen LogP contribution is -2.48. The minimum atomic E-state index is -2.51. The van der Waals surface area contributed by atoms with Gasteiger partial charge >= 0.3 is 8.80 Å². The molecule has 1 atom stereocenters. The Morgan fingerprint density at radius 3 is 2.07 bits per heavy atom. The summed E-state index contributed by atoms with van der Waals surface area (Å²) in [5, 5.41) is 0.174. The second kappa shape index (κ2) is 6.75. The molecule has 0 aromatic carbocycles. The van der Waals surface area contributed by atoms with E-state index in [-0.39, 0.29) is 10.3 Å². The molecule has 0 aliphatic carbocycles. The van der Waals surface area contributed by atoms with Gasteiger partial charge in [0.1, 0.15) is 0 Å². The maximum Gasteiger partial charge on any atom is 0.499 e. The van der Waals surface area contributed by atoms with Crippen molar-refractivity contribution < 1.29 is 18.1 Å². The Labute approximate surface area is 93.9 Å². The van der Waals surface area contributed by atoms with Crippen LogP contribution in [0.1, 0.15) is 6.92 Å². The standard InChI is InChI=1S/C7H18O4SSi2/c1-6(13-5-7(8)12)14(9-2,10-3)11-4/h6H,5,13H2,1-4H3,(H,8,12). The minimum absolute atomic E-state index is 0.0604. The van der Waals surface area contributed by atoms with Gasteiger partial charge in [-0.2, -0.15) is 0 Å². The van der Waals surface area contributed by atoms with Gasteiger partial charge in [-0.1, -0.05) is 6.92 Å². The molecule has 0 saturated heterocycles. The molecule has 84 valence electrons. The number of hydrogen-bond donors (Lipinski definition) is 1. The van der Waals surface area contributed by atoms with Crippen LogP contribution < -0.4 is 0 Å². The molecule has 0 aromatic heterocycles. The monoisotopic (exact) mass is 254 g/mol. The molecule has 0 rings (SSSR count). The number of rotatable bonds is 7. The van der Waals surface area contributed by atoms with Crippen LogP contribution in [0.3, 0.4) is 0 Å². The highest BCUT2D eigenvalue weighted by atomic mass is 32.1. The van der Waals surface area contributed by atoms with Gasteiger partial charge in [-0.05, 0) is 0 Å². The van der Waals surface area contributed by atoms with Gasteiger partial charge in [0.25, 0.3) is 0 Å². The predicted molar refractivity (Wildman–Crippen MR) is 63.5 cm³/mol. The maximum absolute atomic E-state index is 10.7. The average Bonchev–Trinajstić information content (AvgIpc) is 2.18. The molecule has 0 aliphatic heterocycles. The SMILES string of the molecule is CO[Si](OC)(OC)C(C)[SiH2]CC(=O)S. The van der Waals surface area contributed by atoms with E-state index in [0.717, 1.165) is 0 Å². The summed E-state index contributed by atoms with van der Waals surface area (Å²) in [6.07, 6.45) is 0. The third-order valence-electron chi connectivity index (χ3n) is 2.25. The van der Waals surface area contributed by atoms with Crippen molar-refractivity contribution in [1.82, 2.24) is 0 Å². The molecule has 0 amide bonds. The summed E-state index contributed by atoms with van der Waals surface area (Å²) in [6.45, 7) is 2.02. The van der Waals surface area contributed by atoms with Crippen molar-refractivity contribution in [3.63, 3.8) is 0 Å². The van der Waals surface area contributed by atoms with E-state index < -0.39 is 18.3 Å². The fraction of sp³-hybridized carbons (Fsp3) is 0.857. The van der Waals surface area contributed by atoms with Crippen molar-refractivity contribution in [3.05, 3.63) is 0 Å². The molecule has 0 N–H and O–H groups in total. The summed E-state index contributed by atoms with van der Waals surface area (Å²) in [7, 11) is 1.67. The van der Waals surface area contributed by atoms with E-state index in [4.69, 9.17) is 13.3 Å². The lowest BCUT2D eigenvalue weighted by Gasteiger charge is -2.29. The van der Waals surface area contributed by atoms with Gasteiger partial charge in [-0.15, -0.1) is 12.6 Å². The summed E-state index contributed by atoms with van der Waals surface area (Å²) < 4.78 is 16.0. The summed E-state index contributed by atoms with van der Waals surface area (Å²) in [5.41, 5.74) is 0. The van der Waals surface area contributed by atoms with Crippen molar-refractivity contribution >= 4 is 36.1 Å². The third-order valence-corrected chi connectivity index (χ3v) is 9.78. The van der Waals surface area contributed by atoms with Gasteiger partial charge in [0, 0.05) is 42.1 Å².